The van der Waals surface area contributed by atoms with Crippen LogP contribution >= 0.6 is 0 Å². The van der Waals surface area contributed by atoms with E-state index in [9.17, 15) is 32.4 Å². The van der Waals surface area contributed by atoms with E-state index in [-0.39, 0.29) is 0 Å². The number of aliphatic hydroxyl groups is 1. The van der Waals surface area contributed by atoms with Crippen molar-refractivity contribution in [2.75, 3.05) is 0 Å². The molecule has 0 heterocycles. The summed E-state index contributed by atoms with van der Waals surface area (Å²) in [5.41, 5.74) is -3.21. The number of hydrogen-bond acceptors (Lipinski definition) is 10. The van der Waals surface area contributed by atoms with Crippen molar-refractivity contribution in [1.29, 1.82) is 0 Å². The van der Waals surface area contributed by atoms with Gasteiger partial charge in [0.1, 0.15) is 0 Å². The summed E-state index contributed by atoms with van der Waals surface area (Å²) >= 11 is 0. The summed E-state index contributed by atoms with van der Waals surface area (Å²) in [4.78, 5) is 55.0. The summed E-state index contributed by atoms with van der Waals surface area (Å²) < 4.78 is 29.9. The molecule has 14 nitrogen and oxygen atoms in total. The molecule has 0 spiro atoms. The Hall–Kier alpha value is -2.62. The molecule has 0 bridgehead atoms. The third-order valence-corrected chi connectivity index (χ3v) is 2.96. The van der Waals surface area contributed by atoms with E-state index in [2.05, 4.69) is 14.1 Å². The summed E-state index contributed by atoms with van der Waals surface area (Å²) in [6.07, 6.45) is -6.51. The van der Waals surface area contributed by atoms with Gasteiger partial charge in [-0.3, -0.25) is 14.4 Å². The number of carbonyl (C=O) groups excluding carboxylic acids is 2. The zero-order valence-electron chi connectivity index (χ0n) is 12.1. The number of carbonyl (C=O) groups is 5. The fourth-order valence-corrected chi connectivity index (χ4v) is 2.09. The van der Waals surface area contributed by atoms with Crippen molar-refractivity contribution in [3.05, 3.63) is 0 Å². The van der Waals surface area contributed by atoms with Crippen molar-refractivity contribution in [2.45, 2.75) is 31.0 Å². The van der Waals surface area contributed by atoms with E-state index in [4.69, 9.17) is 20.4 Å². The lowest BCUT2D eigenvalue weighted by Gasteiger charge is -2.24. The first-order valence-electron chi connectivity index (χ1n) is 6.01. The van der Waals surface area contributed by atoms with E-state index in [1.54, 1.807) is 0 Å². The molecule has 0 rings (SSSR count). The van der Waals surface area contributed by atoms with E-state index >= 15 is 0 Å². The van der Waals surface area contributed by atoms with Gasteiger partial charge in [-0.15, -0.1) is 0 Å². The molecule has 0 aliphatic heterocycles. The zero-order chi connectivity index (χ0) is 20.0. The van der Waals surface area contributed by atoms with Crippen molar-refractivity contribution < 1.29 is 61.7 Å². The maximum Gasteiger partial charge on any atom is 0.338 e. The van der Waals surface area contributed by atoms with Gasteiger partial charge in [-0.1, -0.05) is 0 Å². The van der Waals surface area contributed by atoms with Crippen molar-refractivity contribution in [1.82, 2.24) is 0 Å². The summed E-state index contributed by atoms with van der Waals surface area (Å²) in [5.74, 6) is -9.25. The predicted octanol–water partition coefficient (Wildman–Crippen LogP) is -3.20. The number of ether oxygens (including phenoxy) is 1. The van der Waals surface area contributed by atoms with Crippen LogP contribution in [0.1, 0.15) is 19.3 Å². The maximum atomic E-state index is 11.5. The molecule has 2 unspecified atom stereocenters. The Morgan fingerprint density at radius 2 is 1.52 bits per heavy atom. The molecule has 0 fully saturated rings. The number of hydrogen-bond donors (Lipinski definition) is 5. The molecule has 0 aliphatic rings. The van der Waals surface area contributed by atoms with Gasteiger partial charge in [-0.25, -0.2) is 18.9 Å². The van der Waals surface area contributed by atoms with Crippen LogP contribution in [0, 0.1) is 0 Å². The lowest BCUT2D eigenvalue weighted by atomic mass is 9.96. The number of carboxylic acids is 3. The third-order valence-electron chi connectivity index (χ3n) is 2.40. The Morgan fingerprint density at radius 3 is 1.88 bits per heavy atom. The molecule has 15 heteroatoms. The van der Waals surface area contributed by atoms with E-state index in [0.29, 0.717) is 0 Å². The van der Waals surface area contributed by atoms with Crippen molar-refractivity contribution in [3.63, 3.8) is 0 Å². The van der Waals surface area contributed by atoms with Crippen LogP contribution in [-0.2, 0) is 43.2 Å². The van der Waals surface area contributed by atoms with Crippen molar-refractivity contribution in [3.8, 4) is 0 Å². The highest BCUT2D eigenvalue weighted by Crippen LogP contribution is 2.24. The highest BCUT2D eigenvalue weighted by molar-refractivity contribution is 7.84. The first-order chi connectivity index (χ1) is 11.2. The Bertz CT molecular complexity index is 683. The van der Waals surface area contributed by atoms with E-state index in [1.807, 2.05) is 0 Å². The minimum atomic E-state index is -5.03. The fraction of sp³-hybridized carbons (Fsp3) is 0.500. The predicted molar refractivity (Wildman–Crippen MR) is 70.8 cm³/mol. The molecule has 0 aromatic heterocycles. The summed E-state index contributed by atoms with van der Waals surface area (Å²) in [6, 6.07) is 0. The second kappa shape index (κ2) is 8.47. The Kier molecular flexibility index (Phi) is 7.58. The van der Waals surface area contributed by atoms with Gasteiger partial charge in [0, 0.05) is 0 Å². The van der Waals surface area contributed by atoms with Crippen molar-refractivity contribution >= 4 is 40.2 Å². The van der Waals surface area contributed by atoms with Gasteiger partial charge >= 0.3 is 40.2 Å². The molecule has 6 N–H and O–H groups in total. The third kappa shape index (κ3) is 8.15. The number of aliphatic hydroxyl groups excluding tert-OH is 1. The van der Waals surface area contributed by atoms with Crippen LogP contribution in [0.5, 0.6) is 0 Å². The lowest BCUT2D eigenvalue weighted by molar-refractivity contribution is -0.173. The van der Waals surface area contributed by atoms with E-state index in [0.717, 1.165) is 0 Å². The van der Waals surface area contributed by atoms with Gasteiger partial charge in [0.15, 0.2) is 6.10 Å². The van der Waals surface area contributed by atoms with Gasteiger partial charge < -0.3 is 25.2 Å². The van der Waals surface area contributed by atoms with Gasteiger partial charge in [-0.05, 0) is 0 Å². The zero-order valence-corrected chi connectivity index (χ0v) is 13.0. The summed E-state index contributed by atoms with van der Waals surface area (Å²) in [7, 11) is -5.03. The number of carboxylic acid groups (broad SMARTS) is 3. The minimum absolute atomic E-state index is 1.18. The van der Waals surface area contributed by atoms with Crippen LogP contribution < -0.4 is 5.14 Å². The smallest absolute Gasteiger partial charge is 0.338 e. The molecule has 0 aromatic carbocycles. The van der Waals surface area contributed by atoms with Crippen LogP contribution in [0.3, 0.4) is 0 Å². The normalized spacial score (nSPS) is 14.8. The van der Waals surface area contributed by atoms with Crippen LogP contribution in [-0.4, -0.2) is 70.4 Å². The highest BCUT2D eigenvalue weighted by atomic mass is 32.2. The number of nitrogens with two attached hydrogens (primary N) is 1. The fourth-order valence-electron chi connectivity index (χ4n) is 1.46. The average Bonchev–Trinajstić information content (AvgIpc) is 2.34. The quantitative estimate of drug-likeness (QED) is 0.183. The Balaban J connectivity index is 5.33. The van der Waals surface area contributed by atoms with Gasteiger partial charge in [0.25, 0.3) is 0 Å². The van der Waals surface area contributed by atoms with Crippen LogP contribution in [0.25, 0.3) is 0 Å². The molecule has 0 radical (unpaired) electrons. The second-order valence-electron chi connectivity index (χ2n) is 4.53. The molecule has 142 valence electrons. The minimum Gasteiger partial charge on any atom is -0.481 e. The van der Waals surface area contributed by atoms with Gasteiger partial charge in [0.2, 0.25) is 5.60 Å². The van der Waals surface area contributed by atoms with Gasteiger partial charge in [0.05, 0.1) is 19.3 Å². The molecule has 0 aromatic rings. The standard InChI is InChI=1S/C10H13NO13S/c11-25(21,22)24-10(9(19)20,2-5(13)14)3-7(16)23-6(15)1-4(12)8(17)18/h4,12H,1-3H2,(H,13,14)(H,17,18)(H,19,20)(H2,11,21,22). The molecular weight excluding hydrogens is 374 g/mol. The number of aliphatic carboxylic acids is 3. The summed E-state index contributed by atoms with van der Waals surface area (Å²) in [5, 5.41) is 39.4. The Morgan fingerprint density at radius 1 is 1.00 bits per heavy atom. The SMILES string of the molecule is NS(=O)(=O)OC(CC(=O)O)(CC(=O)OC(=O)CC(O)C(=O)O)C(=O)O. The monoisotopic (exact) mass is 387 g/mol. The van der Waals surface area contributed by atoms with E-state index < -0.39 is 71.1 Å². The van der Waals surface area contributed by atoms with Gasteiger partial charge in [-0.2, -0.15) is 8.42 Å². The molecule has 0 amide bonds. The van der Waals surface area contributed by atoms with Crippen LogP contribution in [0.4, 0.5) is 0 Å². The maximum absolute atomic E-state index is 11.5. The van der Waals surface area contributed by atoms with Crippen LogP contribution in [0.15, 0.2) is 0 Å². The van der Waals surface area contributed by atoms with E-state index in [1.165, 1.54) is 0 Å². The lowest BCUT2D eigenvalue weighted by Crippen LogP contribution is -2.48. The number of rotatable bonds is 10. The molecule has 2 atom stereocenters. The first kappa shape index (κ1) is 22.4. The average molecular weight is 387 g/mol. The highest BCUT2D eigenvalue weighted by Gasteiger charge is 2.48. The molecule has 0 aliphatic carbocycles. The molecule has 25 heavy (non-hydrogen) atoms. The summed E-state index contributed by atoms with van der Waals surface area (Å²) in [6.45, 7) is 0. The topological polar surface area (TPSA) is 245 Å². The molecule has 0 saturated heterocycles. The van der Waals surface area contributed by atoms with Crippen molar-refractivity contribution in [2.24, 2.45) is 5.14 Å². The Labute approximate surface area is 139 Å². The number of esters is 2. The second-order valence-corrected chi connectivity index (χ2v) is 5.68. The molecular formula is C10H13NO13S. The molecule has 0 saturated carbocycles. The first-order valence-corrected chi connectivity index (χ1v) is 7.48. The van der Waals surface area contributed by atoms with Crippen LogP contribution in [0.2, 0.25) is 0 Å². The largest absolute Gasteiger partial charge is 0.481 e.